The Bertz CT molecular complexity index is 205. The summed E-state index contributed by atoms with van der Waals surface area (Å²) in [5.41, 5.74) is 0. The largest absolute Gasteiger partial charge is 0.465 e. The molecule has 1 atom stereocenters. The number of nitrogens with one attached hydrogen (secondary N) is 1. The van der Waals surface area contributed by atoms with Crippen LogP contribution in [0.15, 0.2) is 0 Å². The normalized spacial score (nSPS) is 18.6. The molecule has 0 aromatic rings. The molecule has 0 heterocycles. The van der Waals surface area contributed by atoms with Gasteiger partial charge in [-0.25, -0.2) is 0 Å². The van der Waals surface area contributed by atoms with Crippen LogP contribution in [0.4, 0.5) is 0 Å². The summed E-state index contributed by atoms with van der Waals surface area (Å²) < 4.78 is 4.90. The van der Waals surface area contributed by atoms with Crippen molar-refractivity contribution in [2.24, 2.45) is 5.92 Å². The van der Waals surface area contributed by atoms with Gasteiger partial charge in [0.1, 0.15) is 0 Å². The second-order valence-corrected chi connectivity index (χ2v) is 5.29. The Balaban J connectivity index is 2.15. The van der Waals surface area contributed by atoms with E-state index < -0.39 is 0 Å². The van der Waals surface area contributed by atoms with Crippen LogP contribution in [0.1, 0.15) is 32.6 Å². The van der Waals surface area contributed by atoms with E-state index in [1.54, 1.807) is 11.8 Å². The van der Waals surface area contributed by atoms with Crippen LogP contribution in [-0.4, -0.2) is 37.2 Å². The summed E-state index contributed by atoms with van der Waals surface area (Å²) in [6, 6.07) is 0.557. The third-order valence-corrected chi connectivity index (χ3v) is 4.20. The topological polar surface area (TPSA) is 38.3 Å². The van der Waals surface area contributed by atoms with Gasteiger partial charge in [0.25, 0.3) is 0 Å². The highest BCUT2D eigenvalue weighted by Crippen LogP contribution is 2.28. The van der Waals surface area contributed by atoms with Gasteiger partial charge in [0.15, 0.2) is 0 Å². The van der Waals surface area contributed by atoms with Gasteiger partial charge in [0, 0.05) is 11.8 Å². The fourth-order valence-corrected chi connectivity index (χ4v) is 3.35. The van der Waals surface area contributed by atoms with Gasteiger partial charge in [-0.2, -0.15) is 0 Å². The Morgan fingerprint density at radius 2 is 2.19 bits per heavy atom. The zero-order chi connectivity index (χ0) is 11.8. The summed E-state index contributed by atoms with van der Waals surface area (Å²) >= 11 is 1.68. The number of thioether (sulfide) groups is 1. The molecular weight excluding hydrogens is 222 g/mol. The van der Waals surface area contributed by atoms with Crippen molar-refractivity contribution in [1.82, 2.24) is 5.32 Å². The first-order chi connectivity index (χ1) is 7.77. The lowest BCUT2D eigenvalue weighted by Crippen LogP contribution is -2.34. The highest BCUT2D eigenvalue weighted by atomic mass is 32.2. The monoisotopic (exact) mass is 245 g/mol. The van der Waals surface area contributed by atoms with Gasteiger partial charge in [-0.15, -0.1) is 11.8 Å². The minimum atomic E-state index is -0.0891. The van der Waals surface area contributed by atoms with Crippen LogP contribution in [0, 0.1) is 5.92 Å². The van der Waals surface area contributed by atoms with Crippen molar-refractivity contribution < 1.29 is 9.53 Å². The Morgan fingerprint density at radius 1 is 1.50 bits per heavy atom. The fraction of sp³-hybridized carbons (Fsp3) is 0.917. The molecule has 0 radical (unpaired) electrons. The summed E-state index contributed by atoms with van der Waals surface area (Å²) in [5.74, 6) is 2.21. The third kappa shape index (κ3) is 4.74. The third-order valence-electron chi connectivity index (χ3n) is 3.16. The fourth-order valence-electron chi connectivity index (χ4n) is 2.29. The van der Waals surface area contributed by atoms with Gasteiger partial charge in [-0.3, -0.25) is 4.79 Å². The van der Waals surface area contributed by atoms with Crippen molar-refractivity contribution >= 4 is 17.7 Å². The smallest absolute Gasteiger partial charge is 0.315 e. The van der Waals surface area contributed by atoms with E-state index >= 15 is 0 Å². The molecule has 94 valence electrons. The maximum atomic E-state index is 11.2. The molecule has 0 aliphatic heterocycles. The second kappa shape index (κ2) is 7.96. The summed E-state index contributed by atoms with van der Waals surface area (Å²) in [7, 11) is 2.02. The lowest BCUT2D eigenvalue weighted by molar-refractivity contribution is -0.139. The van der Waals surface area contributed by atoms with Crippen molar-refractivity contribution in [3.63, 3.8) is 0 Å². The van der Waals surface area contributed by atoms with Crippen molar-refractivity contribution in [2.75, 3.05) is 25.2 Å². The molecule has 16 heavy (non-hydrogen) atoms. The zero-order valence-electron chi connectivity index (χ0n) is 10.3. The first-order valence-corrected chi connectivity index (χ1v) is 7.34. The number of hydrogen-bond donors (Lipinski definition) is 1. The Kier molecular flexibility index (Phi) is 6.88. The van der Waals surface area contributed by atoms with E-state index in [9.17, 15) is 4.79 Å². The molecule has 1 saturated carbocycles. The van der Waals surface area contributed by atoms with Crippen LogP contribution < -0.4 is 5.32 Å². The van der Waals surface area contributed by atoms with Crippen molar-refractivity contribution in [2.45, 2.75) is 38.6 Å². The summed E-state index contributed by atoms with van der Waals surface area (Å²) in [5, 5.41) is 3.38. The molecule has 0 aromatic carbocycles. The Morgan fingerprint density at radius 3 is 2.75 bits per heavy atom. The van der Waals surface area contributed by atoms with E-state index in [1.165, 1.54) is 25.7 Å². The number of carbonyl (C=O) groups excluding carboxylic acids is 1. The van der Waals surface area contributed by atoms with Gasteiger partial charge in [0.2, 0.25) is 0 Å². The molecule has 0 saturated heterocycles. The quantitative estimate of drug-likeness (QED) is 0.697. The van der Waals surface area contributed by atoms with E-state index in [0.717, 1.165) is 11.7 Å². The number of hydrogen-bond acceptors (Lipinski definition) is 4. The Hall–Kier alpha value is -0.220. The van der Waals surface area contributed by atoms with Crippen LogP contribution in [0.3, 0.4) is 0 Å². The van der Waals surface area contributed by atoms with Crippen molar-refractivity contribution in [3.8, 4) is 0 Å². The SMILES string of the molecule is CCOC(=O)CSCC(NC)C1CCCC1. The minimum absolute atomic E-state index is 0.0891. The van der Waals surface area contributed by atoms with Gasteiger partial charge >= 0.3 is 5.97 Å². The molecule has 1 fully saturated rings. The van der Waals surface area contributed by atoms with E-state index in [1.807, 2.05) is 14.0 Å². The van der Waals surface area contributed by atoms with E-state index in [2.05, 4.69) is 5.32 Å². The zero-order valence-corrected chi connectivity index (χ0v) is 11.1. The molecule has 1 aliphatic rings. The molecule has 4 heteroatoms. The van der Waals surface area contributed by atoms with Crippen LogP contribution >= 0.6 is 11.8 Å². The molecule has 0 aromatic heterocycles. The van der Waals surface area contributed by atoms with Crippen LogP contribution in [0.2, 0.25) is 0 Å². The van der Waals surface area contributed by atoms with Gasteiger partial charge < -0.3 is 10.1 Å². The van der Waals surface area contributed by atoms with Crippen LogP contribution in [0.5, 0.6) is 0 Å². The van der Waals surface area contributed by atoms with E-state index in [4.69, 9.17) is 4.74 Å². The van der Waals surface area contributed by atoms with Crippen LogP contribution in [0.25, 0.3) is 0 Å². The van der Waals surface area contributed by atoms with Crippen molar-refractivity contribution in [1.29, 1.82) is 0 Å². The second-order valence-electron chi connectivity index (χ2n) is 4.26. The molecule has 1 rings (SSSR count). The highest BCUT2D eigenvalue weighted by molar-refractivity contribution is 7.99. The molecule has 0 bridgehead atoms. The standard InChI is InChI=1S/C12H23NO2S/c1-3-15-12(14)9-16-8-11(13-2)10-6-4-5-7-10/h10-11,13H,3-9H2,1-2H3. The molecule has 0 spiro atoms. The molecular formula is C12H23NO2S. The van der Waals surface area contributed by atoms with Crippen molar-refractivity contribution in [3.05, 3.63) is 0 Å². The van der Waals surface area contributed by atoms with Gasteiger partial charge in [0.05, 0.1) is 12.4 Å². The summed E-state index contributed by atoms with van der Waals surface area (Å²) in [4.78, 5) is 11.2. The minimum Gasteiger partial charge on any atom is -0.465 e. The molecule has 1 N–H and O–H groups in total. The predicted molar refractivity (Wildman–Crippen MR) is 68.8 cm³/mol. The lowest BCUT2D eigenvalue weighted by Gasteiger charge is -2.22. The van der Waals surface area contributed by atoms with Crippen LogP contribution in [-0.2, 0) is 9.53 Å². The number of rotatable bonds is 7. The predicted octanol–water partition coefficient (Wildman–Crippen LogP) is 2.06. The summed E-state index contributed by atoms with van der Waals surface area (Å²) in [6.45, 7) is 2.33. The number of ether oxygens (including phenoxy) is 1. The van der Waals surface area contributed by atoms with Gasteiger partial charge in [-0.1, -0.05) is 12.8 Å². The van der Waals surface area contributed by atoms with Gasteiger partial charge in [-0.05, 0) is 32.7 Å². The first-order valence-electron chi connectivity index (χ1n) is 6.18. The van der Waals surface area contributed by atoms with E-state index in [0.29, 0.717) is 18.4 Å². The number of esters is 1. The first kappa shape index (κ1) is 13.8. The molecule has 1 aliphatic carbocycles. The average Bonchev–Trinajstić information content (AvgIpc) is 2.78. The van der Waals surface area contributed by atoms with E-state index in [-0.39, 0.29) is 5.97 Å². The maximum absolute atomic E-state index is 11.2. The molecule has 1 unspecified atom stereocenters. The molecule has 0 amide bonds. The maximum Gasteiger partial charge on any atom is 0.315 e. The number of carbonyl (C=O) groups is 1. The Labute approximate surface area is 103 Å². The summed E-state index contributed by atoms with van der Waals surface area (Å²) in [6.07, 6.45) is 5.41. The highest BCUT2D eigenvalue weighted by Gasteiger charge is 2.23. The average molecular weight is 245 g/mol. The lowest BCUT2D eigenvalue weighted by atomic mass is 10.0. The molecule has 3 nitrogen and oxygen atoms in total.